The first-order valence-corrected chi connectivity index (χ1v) is 7.97. The van der Waals surface area contributed by atoms with E-state index in [1.807, 2.05) is 31.2 Å². The Morgan fingerprint density at radius 3 is 2.67 bits per heavy atom. The van der Waals surface area contributed by atoms with Gasteiger partial charge in [0.15, 0.2) is 5.82 Å². The molecule has 0 bridgehead atoms. The van der Waals surface area contributed by atoms with E-state index in [9.17, 15) is 0 Å². The molecule has 0 N–H and O–H groups in total. The zero-order chi connectivity index (χ0) is 14.2. The van der Waals surface area contributed by atoms with Crippen molar-refractivity contribution in [1.82, 2.24) is 20.1 Å². The average Bonchev–Trinajstić information content (AvgIpc) is 3.24. The molecular weight excluding hydrogens is 284 g/mol. The normalized spacial score (nSPS) is 14.7. The van der Waals surface area contributed by atoms with Gasteiger partial charge in [-0.3, -0.25) is 0 Å². The van der Waals surface area contributed by atoms with Crippen molar-refractivity contribution < 1.29 is 4.52 Å². The van der Waals surface area contributed by atoms with Gasteiger partial charge in [-0.2, -0.15) is 4.98 Å². The molecule has 106 valence electrons. The Morgan fingerprint density at radius 1 is 1.14 bits per heavy atom. The van der Waals surface area contributed by atoms with Crippen LogP contribution < -0.4 is 0 Å². The minimum absolute atomic E-state index is 0.499. The molecule has 3 aromatic rings. The molecule has 1 aliphatic carbocycles. The first-order valence-electron chi connectivity index (χ1n) is 6.98. The monoisotopic (exact) mass is 298 g/mol. The molecule has 0 amide bonds. The quantitative estimate of drug-likeness (QED) is 0.687. The summed E-state index contributed by atoms with van der Waals surface area (Å²) in [6, 6.07) is 7.90. The Labute approximate surface area is 126 Å². The van der Waals surface area contributed by atoms with Crippen LogP contribution >= 0.6 is 11.8 Å². The summed E-state index contributed by atoms with van der Waals surface area (Å²) in [7, 11) is 0. The number of para-hydroxylation sites is 2. The number of thioether (sulfide) groups is 1. The highest BCUT2D eigenvalue weighted by atomic mass is 32.2. The summed E-state index contributed by atoms with van der Waals surface area (Å²) in [5.74, 6) is 2.67. The van der Waals surface area contributed by atoms with Crippen LogP contribution in [0.5, 0.6) is 0 Å². The second-order valence-corrected chi connectivity index (χ2v) is 6.18. The summed E-state index contributed by atoms with van der Waals surface area (Å²) in [5.41, 5.74) is 2.77. The first kappa shape index (κ1) is 12.8. The van der Waals surface area contributed by atoms with Crippen LogP contribution in [0.25, 0.3) is 11.0 Å². The largest absolute Gasteiger partial charge is 0.339 e. The minimum atomic E-state index is 0.499. The van der Waals surface area contributed by atoms with Crippen molar-refractivity contribution in [2.24, 2.45) is 0 Å². The van der Waals surface area contributed by atoms with E-state index in [0.29, 0.717) is 11.7 Å². The molecule has 1 fully saturated rings. The Morgan fingerprint density at radius 2 is 1.90 bits per heavy atom. The van der Waals surface area contributed by atoms with Gasteiger partial charge in [0.1, 0.15) is 5.03 Å². The molecule has 2 aromatic heterocycles. The third kappa shape index (κ3) is 2.63. The number of rotatable bonds is 4. The van der Waals surface area contributed by atoms with Gasteiger partial charge in [0, 0.05) is 5.92 Å². The molecule has 5 nitrogen and oxygen atoms in total. The lowest BCUT2D eigenvalue weighted by atomic mass is 10.3. The molecule has 1 saturated carbocycles. The Kier molecular flexibility index (Phi) is 3.11. The predicted octanol–water partition coefficient (Wildman–Crippen LogP) is 3.49. The van der Waals surface area contributed by atoms with Crippen LogP contribution in [0.1, 0.15) is 36.2 Å². The smallest absolute Gasteiger partial charge is 0.229 e. The number of nitrogens with zero attached hydrogens (tertiary/aromatic N) is 4. The van der Waals surface area contributed by atoms with Crippen molar-refractivity contribution in [3.63, 3.8) is 0 Å². The molecule has 21 heavy (non-hydrogen) atoms. The van der Waals surface area contributed by atoms with E-state index in [-0.39, 0.29) is 0 Å². The van der Waals surface area contributed by atoms with Crippen LogP contribution in [0.15, 0.2) is 33.8 Å². The van der Waals surface area contributed by atoms with Crippen molar-refractivity contribution in [3.05, 3.63) is 41.7 Å². The van der Waals surface area contributed by atoms with Gasteiger partial charge in [-0.1, -0.05) is 29.1 Å². The SMILES string of the molecule is Cc1nc2ccccc2nc1SCc1noc(C2CC2)n1. The molecule has 0 spiro atoms. The summed E-state index contributed by atoms with van der Waals surface area (Å²) < 4.78 is 5.27. The topological polar surface area (TPSA) is 64.7 Å². The summed E-state index contributed by atoms with van der Waals surface area (Å²) in [6.45, 7) is 1.98. The molecule has 1 aliphatic rings. The lowest BCUT2D eigenvalue weighted by molar-refractivity contribution is 0.375. The molecule has 0 unspecified atom stereocenters. The van der Waals surface area contributed by atoms with Gasteiger partial charge in [-0.05, 0) is 31.9 Å². The van der Waals surface area contributed by atoms with Crippen LogP contribution in [-0.4, -0.2) is 20.1 Å². The van der Waals surface area contributed by atoms with E-state index in [2.05, 4.69) is 20.1 Å². The Bertz CT molecular complexity index is 797. The van der Waals surface area contributed by atoms with E-state index < -0.39 is 0 Å². The third-order valence-corrected chi connectivity index (χ3v) is 4.51. The van der Waals surface area contributed by atoms with Gasteiger partial charge in [-0.15, -0.1) is 0 Å². The van der Waals surface area contributed by atoms with Crippen LogP contribution in [0.4, 0.5) is 0 Å². The van der Waals surface area contributed by atoms with E-state index in [1.165, 1.54) is 12.8 Å². The molecule has 0 aliphatic heterocycles. The zero-order valence-corrected chi connectivity index (χ0v) is 12.4. The van der Waals surface area contributed by atoms with Gasteiger partial charge < -0.3 is 4.52 Å². The van der Waals surface area contributed by atoms with Gasteiger partial charge in [-0.25, -0.2) is 9.97 Å². The summed E-state index contributed by atoms with van der Waals surface area (Å²) in [5, 5.41) is 4.95. The summed E-state index contributed by atoms with van der Waals surface area (Å²) >= 11 is 1.60. The molecule has 6 heteroatoms. The van der Waals surface area contributed by atoms with Gasteiger partial charge >= 0.3 is 0 Å². The molecule has 0 atom stereocenters. The fourth-order valence-electron chi connectivity index (χ4n) is 2.16. The summed E-state index contributed by atoms with van der Waals surface area (Å²) in [6.07, 6.45) is 2.34. The number of hydrogen-bond donors (Lipinski definition) is 0. The number of aromatic nitrogens is 4. The lowest BCUT2D eigenvalue weighted by Crippen LogP contribution is -1.94. The van der Waals surface area contributed by atoms with E-state index in [1.54, 1.807) is 11.8 Å². The van der Waals surface area contributed by atoms with E-state index >= 15 is 0 Å². The molecule has 4 rings (SSSR count). The maximum Gasteiger partial charge on any atom is 0.229 e. The highest BCUT2D eigenvalue weighted by molar-refractivity contribution is 7.98. The average molecular weight is 298 g/mol. The second-order valence-electron chi connectivity index (χ2n) is 5.21. The van der Waals surface area contributed by atoms with Crippen LogP contribution in [0.3, 0.4) is 0 Å². The number of hydrogen-bond acceptors (Lipinski definition) is 6. The first-order chi connectivity index (χ1) is 10.3. The number of fused-ring (bicyclic) bond motifs is 1. The molecule has 0 radical (unpaired) electrons. The van der Waals surface area contributed by atoms with Crippen molar-refractivity contribution in [3.8, 4) is 0 Å². The van der Waals surface area contributed by atoms with E-state index in [0.717, 1.165) is 33.5 Å². The summed E-state index contributed by atoms with van der Waals surface area (Å²) in [4.78, 5) is 13.7. The van der Waals surface area contributed by atoms with Crippen LogP contribution in [0.2, 0.25) is 0 Å². The third-order valence-electron chi connectivity index (χ3n) is 3.45. The lowest BCUT2D eigenvalue weighted by Gasteiger charge is -2.04. The van der Waals surface area contributed by atoms with E-state index in [4.69, 9.17) is 4.52 Å². The minimum Gasteiger partial charge on any atom is -0.339 e. The highest BCUT2D eigenvalue weighted by Gasteiger charge is 2.29. The van der Waals surface area contributed by atoms with Crippen molar-refractivity contribution in [1.29, 1.82) is 0 Å². The standard InChI is InChI=1S/C15H14N4OS/c1-9-15(17-12-5-3-2-4-11(12)16-9)21-8-13-18-14(20-19-13)10-6-7-10/h2-5,10H,6-8H2,1H3. The van der Waals surface area contributed by atoms with Gasteiger partial charge in [0.05, 0.1) is 22.5 Å². The molecule has 2 heterocycles. The maximum absolute atomic E-state index is 5.27. The Hall–Kier alpha value is -1.95. The molecule has 1 aromatic carbocycles. The van der Waals surface area contributed by atoms with Gasteiger partial charge in [0.2, 0.25) is 5.89 Å². The zero-order valence-electron chi connectivity index (χ0n) is 11.6. The van der Waals surface area contributed by atoms with Crippen molar-refractivity contribution in [2.75, 3.05) is 0 Å². The maximum atomic E-state index is 5.27. The fraction of sp³-hybridized carbons (Fsp3) is 0.333. The Balaban J connectivity index is 1.54. The van der Waals surface area contributed by atoms with Crippen LogP contribution in [-0.2, 0) is 5.75 Å². The fourth-order valence-corrected chi connectivity index (χ4v) is 2.96. The highest BCUT2D eigenvalue weighted by Crippen LogP contribution is 2.39. The second kappa shape index (κ2) is 5.11. The molecule has 0 saturated heterocycles. The predicted molar refractivity (Wildman–Crippen MR) is 80.1 cm³/mol. The van der Waals surface area contributed by atoms with Crippen molar-refractivity contribution >= 4 is 22.8 Å². The number of aryl methyl sites for hydroxylation is 1. The van der Waals surface area contributed by atoms with Crippen molar-refractivity contribution in [2.45, 2.75) is 36.5 Å². The van der Waals surface area contributed by atoms with Gasteiger partial charge in [0.25, 0.3) is 0 Å². The number of benzene rings is 1. The van der Waals surface area contributed by atoms with Crippen LogP contribution in [0, 0.1) is 6.92 Å². The molecular formula is C15H14N4OS.